The molecule has 0 aromatic heterocycles. The summed E-state index contributed by atoms with van der Waals surface area (Å²) < 4.78 is 0. The first-order chi connectivity index (χ1) is 9.92. The third kappa shape index (κ3) is 4.23. The minimum atomic E-state index is -0.344. The lowest BCUT2D eigenvalue weighted by Crippen LogP contribution is -2.12. The normalized spacial score (nSPS) is 11.2. The summed E-state index contributed by atoms with van der Waals surface area (Å²) >= 11 is 0. The summed E-state index contributed by atoms with van der Waals surface area (Å²) in [5.41, 5.74) is 0. The summed E-state index contributed by atoms with van der Waals surface area (Å²) in [6, 6.07) is 21.4. The average molecular weight is 276 g/mol. The van der Waals surface area contributed by atoms with Crippen LogP contribution < -0.4 is 10.6 Å². The Balaban J connectivity index is 2.20. The number of hydrogen-bond acceptors (Lipinski definition) is 0. The average Bonchev–Trinajstić information content (AvgIpc) is 2.53. The highest BCUT2D eigenvalue weighted by molar-refractivity contribution is 7.73. The summed E-state index contributed by atoms with van der Waals surface area (Å²) in [6.07, 6.45) is 14.1. The highest BCUT2D eigenvalue weighted by Gasteiger charge is 2.10. The smallest absolute Gasteiger partial charge is 0.00611 e. The summed E-state index contributed by atoms with van der Waals surface area (Å²) in [5.74, 6) is 2.49. The minimum Gasteiger partial charge on any atom is -0.115 e. The summed E-state index contributed by atoms with van der Waals surface area (Å²) in [6.45, 7) is 0. The van der Waals surface area contributed by atoms with E-state index in [0.717, 1.165) is 6.16 Å². The van der Waals surface area contributed by atoms with Gasteiger partial charge in [-0.05, 0) is 30.8 Å². The molecule has 2 rings (SSSR count). The van der Waals surface area contributed by atoms with Gasteiger partial charge in [0.25, 0.3) is 0 Å². The molecule has 20 heavy (non-hydrogen) atoms. The van der Waals surface area contributed by atoms with Gasteiger partial charge in [-0.15, -0.1) is 6.42 Å². The van der Waals surface area contributed by atoms with Crippen LogP contribution in [0.25, 0.3) is 0 Å². The quantitative estimate of drug-likeness (QED) is 0.442. The Hall–Kier alpha value is -2.09. The minimum absolute atomic E-state index is 0.344. The van der Waals surface area contributed by atoms with Gasteiger partial charge in [-0.1, -0.05) is 84.8 Å². The van der Waals surface area contributed by atoms with Crippen LogP contribution in [0.4, 0.5) is 0 Å². The second-order valence-corrected chi connectivity index (χ2v) is 6.49. The van der Waals surface area contributed by atoms with Crippen molar-refractivity contribution in [3.05, 3.63) is 85.0 Å². The lowest BCUT2D eigenvalue weighted by Gasteiger charge is -2.16. The van der Waals surface area contributed by atoms with Crippen molar-refractivity contribution in [3.8, 4) is 12.3 Å². The largest absolute Gasteiger partial charge is 0.115 e. The maximum atomic E-state index is 5.19. The molecule has 0 unspecified atom stereocenters. The van der Waals surface area contributed by atoms with Crippen molar-refractivity contribution < 1.29 is 0 Å². The molecule has 0 radical (unpaired) electrons. The molecule has 98 valence electrons. The number of allylic oxidation sites excluding steroid dienone is 4. The summed E-state index contributed by atoms with van der Waals surface area (Å²) in [7, 11) is -0.344. The fourth-order valence-electron chi connectivity index (χ4n) is 1.93. The van der Waals surface area contributed by atoms with E-state index in [-0.39, 0.29) is 7.92 Å². The highest BCUT2D eigenvalue weighted by atomic mass is 31.1. The Kier molecular flexibility index (Phi) is 5.84. The molecule has 2 aromatic carbocycles. The molecule has 0 N–H and O–H groups in total. The lowest BCUT2D eigenvalue weighted by molar-refractivity contribution is 1.69. The van der Waals surface area contributed by atoms with Gasteiger partial charge in [0, 0.05) is 0 Å². The van der Waals surface area contributed by atoms with E-state index in [2.05, 4.69) is 72.7 Å². The van der Waals surface area contributed by atoms with Crippen LogP contribution in [0.3, 0.4) is 0 Å². The zero-order valence-corrected chi connectivity index (χ0v) is 12.2. The van der Waals surface area contributed by atoms with Crippen molar-refractivity contribution >= 4 is 18.5 Å². The van der Waals surface area contributed by atoms with E-state index in [1.165, 1.54) is 10.6 Å². The van der Waals surface area contributed by atoms with Gasteiger partial charge >= 0.3 is 0 Å². The number of rotatable bonds is 5. The van der Waals surface area contributed by atoms with Crippen molar-refractivity contribution in [1.29, 1.82) is 0 Å². The van der Waals surface area contributed by atoms with Crippen LogP contribution in [0.2, 0.25) is 0 Å². The predicted molar refractivity (Wildman–Crippen MR) is 91.1 cm³/mol. The van der Waals surface area contributed by atoms with Crippen molar-refractivity contribution in [2.75, 3.05) is 6.16 Å². The molecular formula is C19H17P. The Morgan fingerprint density at radius 3 is 1.90 bits per heavy atom. The van der Waals surface area contributed by atoms with Crippen LogP contribution in [0.1, 0.15) is 0 Å². The van der Waals surface area contributed by atoms with Crippen molar-refractivity contribution in [2.24, 2.45) is 0 Å². The highest BCUT2D eigenvalue weighted by Crippen LogP contribution is 2.33. The zero-order chi connectivity index (χ0) is 14.0. The Labute approximate surface area is 122 Å². The van der Waals surface area contributed by atoms with Gasteiger partial charge in [0.1, 0.15) is 0 Å². The Morgan fingerprint density at radius 1 is 0.850 bits per heavy atom. The lowest BCUT2D eigenvalue weighted by atomic mass is 10.4. The van der Waals surface area contributed by atoms with E-state index < -0.39 is 0 Å². The Bertz CT molecular complexity index is 564. The molecule has 0 amide bonds. The van der Waals surface area contributed by atoms with E-state index in [0.29, 0.717) is 0 Å². The number of benzene rings is 2. The van der Waals surface area contributed by atoms with Gasteiger partial charge in [-0.3, -0.25) is 0 Å². The van der Waals surface area contributed by atoms with Gasteiger partial charge in [0.15, 0.2) is 0 Å². The van der Waals surface area contributed by atoms with Crippen LogP contribution in [-0.2, 0) is 0 Å². The van der Waals surface area contributed by atoms with Gasteiger partial charge in [0.05, 0.1) is 0 Å². The molecule has 0 nitrogen and oxygen atoms in total. The second-order valence-electron chi connectivity index (χ2n) is 4.24. The fourth-order valence-corrected chi connectivity index (χ4v) is 4.05. The summed E-state index contributed by atoms with van der Waals surface area (Å²) in [4.78, 5) is 0. The van der Waals surface area contributed by atoms with E-state index in [1.54, 1.807) is 6.08 Å². The van der Waals surface area contributed by atoms with Gasteiger partial charge in [-0.2, -0.15) is 0 Å². The predicted octanol–water partition coefficient (Wildman–Crippen LogP) is 3.86. The molecule has 0 saturated heterocycles. The molecule has 0 heterocycles. The second kappa shape index (κ2) is 8.16. The molecule has 0 aliphatic heterocycles. The molecular weight excluding hydrogens is 259 g/mol. The maximum Gasteiger partial charge on any atom is -0.00611 e. The van der Waals surface area contributed by atoms with E-state index in [4.69, 9.17) is 6.42 Å². The van der Waals surface area contributed by atoms with Crippen molar-refractivity contribution in [2.45, 2.75) is 0 Å². The van der Waals surface area contributed by atoms with Crippen molar-refractivity contribution in [3.63, 3.8) is 0 Å². The van der Waals surface area contributed by atoms with Crippen LogP contribution >= 0.6 is 7.92 Å². The first-order valence-corrected chi connectivity index (χ1v) is 8.10. The van der Waals surface area contributed by atoms with Crippen LogP contribution in [0, 0.1) is 12.3 Å². The maximum absolute atomic E-state index is 5.19. The molecule has 0 aliphatic rings. The van der Waals surface area contributed by atoms with Crippen LogP contribution in [0.5, 0.6) is 0 Å². The molecule has 0 fully saturated rings. The van der Waals surface area contributed by atoms with E-state index >= 15 is 0 Å². The summed E-state index contributed by atoms with van der Waals surface area (Å²) in [5, 5.41) is 2.80. The third-order valence-corrected chi connectivity index (χ3v) is 5.28. The molecule has 0 atom stereocenters. The van der Waals surface area contributed by atoms with E-state index in [1.807, 2.05) is 12.2 Å². The molecule has 0 saturated carbocycles. The zero-order valence-electron chi connectivity index (χ0n) is 11.3. The van der Waals surface area contributed by atoms with Crippen LogP contribution in [-0.4, -0.2) is 6.16 Å². The molecule has 2 aromatic rings. The molecule has 0 spiro atoms. The van der Waals surface area contributed by atoms with Crippen LogP contribution in [0.15, 0.2) is 85.0 Å². The standard InChI is InChI=1S/C19H17P/c1-2-3-4-5-12-17-20(18-13-8-6-9-14-18)19-15-10-7-11-16-19/h1,3-16H,17H2/b4-3-,12-5-. The first-order valence-electron chi connectivity index (χ1n) is 6.57. The fraction of sp³-hybridized carbons (Fsp3) is 0.0526. The van der Waals surface area contributed by atoms with Gasteiger partial charge < -0.3 is 0 Å². The molecule has 0 aliphatic carbocycles. The molecule has 0 bridgehead atoms. The number of terminal acetylenes is 1. The third-order valence-electron chi connectivity index (χ3n) is 2.86. The first kappa shape index (κ1) is 14.3. The molecule has 1 heteroatoms. The SMILES string of the molecule is C#C/C=C\C=C/CP(c1ccccc1)c1ccccc1. The topological polar surface area (TPSA) is 0 Å². The Morgan fingerprint density at radius 2 is 1.40 bits per heavy atom. The monoisotopic (exact) mass is 276 g/mol. The van der Waals surface area contributed by atoms with Crippen molar-refractivity contribution in [1.82, 2.24) is 0 Å². The van der Waals surface area contributed by atoms with E-state index in [9.17, 15) is 0 Å². The number of hydrogen-bond donors (Lipinski definition) is 0. The van der Waals surface area contributed by atoms with Gasteiger partial charge in [-0.25, -0.2) is 0 Å². The van der Waals surface area contributed by atoms with Gasteiger partial charge in [0.2, 0.25) is 0 Å².